The molecule has 0 spiro atoms. The Kier molecular flexibility index (Phi) is 6.20. The van der Waals surface area contributed by atoms with Gasteiger partial charge >= 0.3 is 6.03 Å². The molecule has 0 bridgehead atoms. The van der Waals surface area contributed by atoms with E-state index in [0.29, 0.717) is 13.1 Å². The monoisotopic (exact) mass is 331 g/mol. The van der Waals surface area contributed by atoms with Gasteiger partial charge < -0.3 is 20.0 Å². The van der Waals surface area contributed by atoms with Gasteiger partial charge in [0.2, 0.25) is 0 Å². The average Bonchev–Trinajstić information content (AvgIpc) is 3.07. The number of carbonyl (C=O) groups is 1. The molecule has 7 nitrogen and oxygen atoms in total. The molecule has 2 aromatic rings. The quantitative estimate of drug-likeness (QED) is 0.810. The highest BCUT2D eigenvalue weighted by Gasteiger charge is 2.17. The van der Waals surface area contributed by atoms with E-state index < -0.39 is 0 Å². The van der Waals surface area contributed by atoms with E-state index >= 15 is 0 Å². The Morgan fingerprint density at radius 1 is 1.25 bits per heavy atom. The first-order valence-electron chi connectivity index (χ1n) is 7.81. The Bertz CT molecular complexity index is 640. The van der Waals surface area contributed by atoms with Crippen molar-refractivity contribution < 1.29 is 9.21 Å². The van der Waals surface area contributed by atoms with Crippen LogP contribution in [0.4, 0.5) is 10.6 Å². The molecule has 0 radical (unpaired) electrons. The fourth-order valence-corrected chi connectivity index (χ4v) is 2.27. The third-order valence-electron chi connectivity index (χ3n) is 3.67. The molecular weight excluding hydrogens is 306 g/mol. The number of pyridine rings is 1. The molecule has 7 heteroatoms. The van der Waals surface area contributed by atoms with Gasteiger partial charge in [0.25, 0.3) is 0 Å². The van der Waals surface area contributed by atoms with Gasteiger partial charge in [-0.3, -0.25) is 4.90 Å². The van der Waals surface area contributed by atoms with Crippen LogP contribution >= 0.6 is 0 Å². The molecule has 0 aromatic carbocycles. The van der Waals surface area contributed by atoms with Gasteiger partial charge in [-0.25, -0.2) is 9.78 Å². The molecule has 2 N–H and O–H groups in total. The molecule has 0 saturated heterocycles. The number of urea groups is 1. The van der Waals surface area contributed by atoms with Crippen molar-refractivity contribution in [2.75, 3.05) is 39.6 Å². The lowest BCUT2D eigenvalue weighted by molar-refractivity contribution is 0.225. The van der Waals surface area contributed by atoms with E-state index in [2.05, 4.69) is 15.6 Å². The second-order valence-corrected chi connectivity index (χ2v) is 5.98. The van der Waals surface area contributed by atoms with E-state index in [1.54, 1.807) is 12.5 Å². The minimum atomic E-state index is -0.211. The molecule has 0 aliphatic carbocycles. The minimum Gasteiger partial charge on any atom is -0.468 e. The van der Waals surface area contributed by atoms with Crippen molar-refractivity contribution in [3.63, 3.8) is 0 Å². The lowest BCUT2D eigenvalue weighted by Gasteiger charge is -2.22. The first kappa shape index (κ1) is 17.8. The summed E-state index contributed by atoms with van der Waals surface area (Å²) >= 11 is 0. The number of aromatic nitrogens is 1. The molecule has 0 aliphatic heterocycles. The predicted molar refractivity (Wildman–Crippen MR) is 93.9 cm³/mol. The summed E-state index contributed by atoms with van der Waals surface area (Å²) in [6, 6.07) is 7.37. The number of nitrogens with one attached hydrogen (secondary N) is 2. The Labute approximate surface area is 142 Å². The molecule has 130 valence electrons. The molecule has 1 atom stereocenters. The van der Waals surface area contributed by atoms with Crippen molar-refractivity contribution in [3.8, 4) is 0 Å². The lowest BCUT2D eigenvalue weighted by Crippen LogP contribution is -2.40. The van der Waals surface area contributed by atoms with Gasteiger partial charge in [0.05, 0.1) is 12.3 Å². The maximum atomic E-state index is 12.0. The topological polar surface area (TPSA) is 73.6 Å². The molecule has 2 rings (SSSR count). The highest BCUT2D eigenvalue weighted by atomic mass is 16.3. The van der Waals surface area contributed by atoms with Gasteiger partial charge in [-0.05, 0) is 43.9 Å². The van der Waals surface area contributed by atoms with E-state index in [0.717, 1.165) is 17.1 Å². The molecule has 0 fully saturated rings. The minimum absolute atomic E-state index is 0.00739. The molecule has 2 amide bonds. The molecular formula is C17H25N5O2. The van der Waals surface area contributed by atoms with Gasteiger partial charge in [0, 0.05) is 33.4 Å². The van der Waals surface area contributed by atoms with E-state index in [4.69, 9.17) is 4.42 Å². The number of rotatable bonds is 7. The van der Waals surface area contributed by atoms with Crippen LogP contribution in [0.5, 0.6) is 0 Å². The summed E-state index contributed by atoms with van der Waals surface area (Å²) in [5.74, 6) is 1.69. The molecule has 2 aromatic heterocycles. The Morgan fingerprint density at radius 3 is 2.67 bits per heavy atom. The normalized spacial score (nSPS) is 12.0. The molecule has 24 heavy (non-hydrogen) atoms. The van der Waals surface area contributed by atoms with Gasteiger partial charge in [0.1, 0.15) is 11.6 Å². The van der Waals surface area contributed by atoms with Crippen molar-refractivity contribution in [1.29, 1.82) is 0 Å². The van der Waals surface area contributed by atoms with Crippen LogP contribution in [0, 0.1) is 0 Å². The number of nitrogens with zero attached hydrogens (tertiary/aromatic N) is 3. The summed E-state index contributed by atoms with van der Waals surface area (Å²) in [6.45, 7) is 0.911. The third kappa shape index (κ3) is 4.99. The van der Waals surface area contributed by atoms with Crippen LogP contribution in [0.25, 0.3) is 0 Å². The fraction of sp³-hybridized carbons (Fsp3) is 0.412. The number of amides is 2. The van der Waals surface area contributed by atoms with Gasteiger partial charge in [0.15, 0.2) is 0 Å². The Hall–Kier alpha value is -2.54. The largest absolute Gasteiger partial charge is 0.468 e. The zero-order valence-corrected chi connectivity index (χ0v) is 14.6. The van der Waals surface area contributed by atoms with Crippen LogP contribution in [0.3, 0.4) is 0 Å². The number of likely N-dealkylation sites (N-methyl/N-ethyl adjacent to an activating group) is 1. The first-order chi connectivity index (χ1) is 11.5. The Morgan fingerprint density at radius 2 is 2.04 bits per heavy atom. The number of carbonyl (C=O) groups excluding carboxylic acids is 1. The second-order valence-electron chi connectivity index (χ2n) is 5.98. The van der Waals surface area contributed by atoms with Crippen LogP contribution in [0.15, 0.2) is 41.1 Å². The van der Waals surface area contributed by atoms with Crippen LogP contribution in [0.2, 0.25) is 0 Å². The van der Waals surface area contributed by atoms with Crippen molar-refractivity contribution in [3.05, 3.63) is 48.0 Å². The number of hydrogen-bond donors (Lipinski definition) is 2. The van der Waals surface area contributed by atoms with E-state index in [1.807, 2.05) is 62.3 Å². The Balaban J connectivity index is 1.84. The molecule has 2 heterocycles. The van der Waals surface area contributed by atoms with Crippen molar-refractivity contribution in [2.45, 2.75) is 12.6 Å². The SMILES string of the molecule is CN(C)c1cc(CNC(=O)NCC(c2ccco2)N(C)C)ccn1. The first-order valence-corrected chi connectivity index (χ1v) is 7.81. The fourth-order valence-electron chi connectivity index (χ4n) is 2.27. The number of furan rings is 1. The zero-order chi connectivity index (χ0) is 17.5. The van der Waals surface area contributed by atoms with Crippen LogP contribution in [-0.2, 0) is 6.54 Å². The van der Waals surface area contributed by atoms with E-state index in [-0.39, 0.29) is 12.1 Å². The van der Waals surface area contributed by atoms with Crippen molar-refractivity contribution in [2.24, 2.45) is 0 Å². The summed E-state index contributed by atoms with van der Waals surface area (Å²) in [5, 5.41) is 5.74. The summed E-state index contributed by atoms with van der Waals surface area (Å²) in [6.07, 6.45) is 3.38. The lowest BCUT2D eigenvalue weighted by atomic mass is 10.2. The maximum Gasteiger partial charge on any atom is 0.315 e. The van der Waals surface area contributed by atoms with Gasteiger partial charge in [-0.1, -0.05) is 0 Å². The highest BCUT2D eigenvalue weighted by Crippen LogP contribution is 2.17. The van der Waals surface area contributed by atoms with Gasteiger partial charge in [-0.15, -0.1) is 0 Å². The molecule has 1 unspecified atom stereocenters. The summed E-state index contributed by atoms with van der Waals surface area (Å²) < 4.78 is 5.43. The standard InChI is InChI=1S/C17H25N5O2/c1-21(2)14(15-6-5-9-24-15)12-20-17(23)19-11-13-7-8-18-16(10-13)22(3)4/h5-10,14H,11-12H2,1-4H3,(H2,19,20,23). The van der Waals surface area contributed by atoms with E-state index in [1.165, 1.54) is 0 Å². The smallest absolute Gasteiger partial charge is 0.315 e. The zero-order valence-electron chi connectivity index (χ0n) is 14.6. The summed E-state index contributed by atoms with van der Waals surface area (Å²) in [4.78, 5) is 20.2. The highest BCUT2D eigenvalue weighted by molar-refractivity contribution is 5.73. The van der Waals surface area contributed by atoms with Crippen molar-refractivity contribution >= 4 is 11.8 Å². The van der Waals surface area contributed by atoms with Crippen LogP contribution in [0.1, 0.15) is 17.4 Å². The van der Waals surface area contributed by atoms with E-state index in [9.17, 15) is 4.79 Å². The molecule has 0 aliphatic rings. The second kappa shape index (κ2) is 8.35. The molecule has 0 saturated carbocycles. The number of anilines is 1. The van der Waals surface area contributed by atoms with Crippen LogP contribution < -0.4 is 15.5 Å². The van der Waals surface area contributed by atoms with Crippen molar-refractivity contribution in [1.82, 2.24) is 20.5 Å². The predicted octanol–water partition coefficient (Wildman–Crippen LogP) is 1.84. The van der Waals surface area contributed by atoms with Crippen LogP contribution in [-0.4, -0.2) is 50.7 Å². The van der Waals surface area contributed by atoms with Gasteiger partial charge in [-0.2, -0.15) is 0 Å². The third-order valence-corrected chi connectivity index (χ3v) is 3.67. The summed E-state index contributed by atoms with van der Waals surface area (Å²) in [5.41, 5.74) is 0.999. The summed E-state index contributed by atoms with van der Waals surface area (Å²) in [7, 11) is 7.77. The average molecular weight is 331 g/mol. The maximum absolute atomic E-state index is 12.0. The number of hydrogen-bond acceptors (Lipinski definition) is 5.